The van der Waals surface area contributed by atoms with Gasteiger partial charge in [-0.1, -0.05) is 17.7 Å². The lowest BCUT2D eigenvalue weighted by atomic mass is 10.1. The number of aryl methyl sites for hydroxylation is 1. The fourth-order valence-corrected chi connectivity index (χ4v) is 2.65. The molecule has 5 nitrogen and oxygen atoms in total. The number of rotatable bonds is 3. The van der Waals surface area contributed by atoms with Crippen LogP contribution >= 0.6 is 0 Å². The Labute approximate surface area is 130 Å². The number of amides is 1. The molecule has 5 heteroatoms. The SMILES string of the molecule is Cc1cccc(C(=O)N2CCC(Oc3cnccn3)CC2)c1. The van der Waals surface area contributed by atoms with Gasteiger partial charge in [-0.25, -0.2) is 4.98 Å². The van der Waals surface area contributed by atoms with Crippen LogP contribution in [-0.4, -0.2) is 40.0 Å². The summed E-state index contributed by atoms with van der Waals surface area (Å²) in [5.41, 5.74) is 1.86. The van der Waals surface area contributed by atoms with Gasteiger partial charge in [-0.2, -0.15) is 0 Å². The van der Waals surface area contributed by atoms with Gasteiger partial charge >= 0.3 is 0 Å². The van der Waals surface area contributed by atoms with E-state index >= 15 is 0 Å². The molecule has 1 aliphatic heterocycles. The van der Waals surface area contributed by atoms with Crippen LogP contribution in [0.15, 0.2) is 42.9 Å². The normalized spacial score (nSPS) is 15.6. The maximum atomic E-state index is 12.5. The molecule has 114 valence electrons. The number of ether oxygens (including phenoxy) is 1. The summed E-state index contributed by atoms with van der Waals surface area (Å²) in [7, 11) is 0. The number of hydrogen-bond donors (Lipinski definition) is 0. The second kappa shape index (κ2) is 6.56. The molecular weight excluding hydrogens is 278 g/mol. The molecule has 2 heterocycles. The fraction of sp³-hybridized carbons (Fsp3) is 0.353. The number of carbonyl (C=O) groups excluding carboxylic acids is 1. The number of aromatic nitrogens is 2. The lowest BCUT2D eigenvalue weighted by Gasteiger charge is -2.32. The molecular formula is C17H19N3O2. The summed E-state index contributed by atoms with van der Waals surface area (Å²) < 4.78 is 5.80. The smallest absolute Gasteiger partial charge is 0.253 e. The standard InChI is InChI=1S/C17H19N3O2/c1-13-3-2-4-14(11-13)17(21)20-9-5-15(6-10-20)22-16-12-18-7-8-19-16/h2-4,7-8,11-12,15H,5-6,9-10H2,1H3. The Bertz CT molecular complexity index is 637. The van der Waals surface area contributed by atoms with E-state index < -0.39 is 0 Å². The van der Waals surface area contributed by atoms with E-state index in [-0.39, 0.29) is 12.0 Å². The first kappa shape index (κ1) is 14.5. The molecule has 1 amide bonds. The molecule has 2 aromatic rings. The summed E-state index contributed by atoms with van der Waals surface area (Å²) in [4.78, 5) is 22.5. The third kappa shape index (κ3) is 3.42. The quantitative estimate of drug-likeness (QED) is 0.873. The highest BCUT2D eigenvalue weighted by Gasteiger charge is 2.24. The van der Waals surface area contributed by atoms with Gasteiger partial charge in [0.2, 0.25) is 5.88 Å². The Balaban J connectivity index is 1.56. The van der Waals surface area contributed by atoms with Crippen LogP contribution in [0.2, 0.25) is 0 Å². The zero-order chi connectivity index (χ0) is 15.4. The first-order valence-corrected chi connectivity index (χ1v) is 7.51. The van der Waals surface area contributed by atoms with Gasteiger partial charge in [-0.05, 0) is 19.1 Å². The van der Waals surface area contributed by atoms with E-state index in [9.17, 15) is 4.79 Å². The van der Waals surface area contributed by atoms with Crippen molar-refractivity contribution in [3.05, 3.63) is 54.0 Å². The molecule has 3 rings (SSSR count). The molecule has 22 heavy (non-hydrogen) atoms. The van der Waals surface area contributed by atoms with E-state index in [1.165, 1.54) is 0 Å². The van der Waals surface area contributed by atoms with Crippen LogP contribution in [0, 0.1) is 6.92 Å². The molecule has 0 aliphatic carbocycles. The molecule has 0 N–H and O–H groups in total. The summed E-state index contributed by atoms with van der Waals surface area (Å²) in [6.45, 7) is 3.41. The number of nitrogens with zero attached hydrogens (tertiary/aromatic N) is 3. The third-order valence-corrected chi connectivity index (χ3v) is 3.82. The van der Waals surface area contributed by atoms with Gasteiger partial charge in [0.05, 0.1) is 6.20 Å². The van der Waals surface area contributed by atoms with Crippen molar-refractivity contribution < 1.29 is 9.53 Å². The minimum atomic E-state index is 0.0956. The highest BCUT2D eigenvalue weighted by Crippen LogP contribution is 2.18. The fourth-order valence-electron chi connectivity index (χ4n) is 2.65. The van der Waals surface area contributed by atoms with E-state index in [4.69, 9.17) is 4.74 Å². The van der Waals surface area contributed by atoms with Crippen LogP contribution in [0.5, 0.6) is 5.88 Å². The first-order valence-electron chi connectivity index (χ1n) is 7.51. The Hall–Kier alpha value is -2.43. The van der Waals surface area contributed by atoms with Crippen LogP contribution < -0.4 is 4.74 Å². The second-order valence-corrected chi connectivity index (χ2v) is 5.52. The minimum Gasteiger partial charge on any atom is -0.473 e. The van der Waals surface area contributed by atoms with Crippen molar-refractivity contribution >= 4 is 5.91 Å². The van der Waals surface area contributed by atoms with E-state index in [1.807, 2.05) is 36.1 Å². The van der Waals surface area contributed by atoms with Gasteiger partial charge in [0.1, 0.15) is 6.10 Å². The number of carbonyl (C=O) groups is 1. The zero-order valence-corrected chi connectivity index (χ0v) is 12.6. The molecule has 1 fully saturated rings. The van der Waals surface area contributed by atoms with Gasteiger partial charge in [-0.15, -0.1) is 0 Å². The summed E-state index contributed by atoms with van der Waals surface area (Å²) in [5.74, 6) is 0.646. The number of hydrogen-bond acceptors (Lipinski definition) is 4. The van der Waals surface area contributed by atoms with E-state index in [1.54, 1.807) is 18.6 Å². The molecule has 0 unspecified atom stereocenters. The van der Waals surface area contributed by atoms with Crippen LogP contribution in [0.1, 0.15) is 28.8 Å². The third-order valence-electron chi connectivity index (χ3n) is 3.82. The van der Waals surface area contributed by atoms with Crippen molar-refractivity contribution in [2.24, 2.45) is 0 Å². The molecule has 0 radical (unpaired) electrons. The van der Waals surface area contributed by atoms with E-state index in [2.05, 4.69) is 9.97 Å². The molecule has 1 saturated heterocycles. The minimum absolute atomic E-state index is 0.0956. The Kier molecular flexibility index (Phi) is 4.32. The maximum Gasteiger partial charge on any atom is 0.253 e. The highest BCUT2D eigenvalue weighted by molar-refractivity contribution is 5.94. The van der Waals surface area contributed by atoms with Gasteiger partial charge in [0.15, 0.2) is 0 Å². The average molecular weight is 297 g/mol. The Morgan fingerprint density at radius 3 is 2.77 bits per heavy atom. The van der Waals surface area contributed by atoms with Gasteiger partial charge in [0, 0.05) is 43.9 Å². The monoisotopic (exact) mass is 297 g/mol. The van der Waals surface area contributed by atoms with Crippen LogP contribution in [-0.2, 0) is 0 Å². The number of likely N-dealkylation sites (tertiary alicyclic amines) is 1. The van der Waals surface area contributed by atoms with Crippen molar-refractivity contribution in [1.82, 2.24) is 14.9 Å². The molecule has 1 aromatic carbocycles. The Morgan fingerprint density at radius 1 is 1.27 bits per heavy atom. The molecule has 1 aliphatic rings. The van der Waals surface area contributed by atoms with Crippen molar-refractivity contribution in [3.63, 3.8) is 0 Å². The molecule has 0 saturated carbocycles. The topological polar surface area (TPSA) is 55.3 Å². The van der Waals surface area contributed by atoms with Crippen molar-refractivity contribution in [2.45, 2.75) is 25.9 Å². The van der Waals surface area contributed by atoms with Crippen molar-refractivity contribution in [3.8, 4) is 5.88 Å². The van der Waals surface area contributed by atoms with Crippen molar-refractivity contribution in [1.29, 1.82) is 0 Å². The van der Waals surface area contributed by atoms with Crippen LogP contribution in [0.3, 0.4) is 0 Å². The lowest BCUT2D eigenvalue weighted by molar-refractivity contribution is 0.0587. The van der Waals surface area contributed by atoms with E-state index in [0.717, 1.165) is 24.0 Å². The summed E-state index contributed by atoms with van der Waals surface area (Å²) in [5, 5.41) is 0. The maximum absolute atomic E-state index is 12.5. The predicted molar refractivity (Wildman–Crippen MR) is 82.8 cm³/mol. The predicted octanol–water partition coefficient (Wildman–Crippen LogP) is 2.47. The second-order valence-electron chi connectivity index (χ2n) is 5.52. The van der Waals surface area contributed by atoms with Crippen LogP contribution in [0.4, 0.5) is 0 Å². The molecule has 0 atom stereocenters. The number of piperidine rings is 1. The summed E-state index contributed by atoms with van der Waals surface area (Å²) in [6, 6.07) is 7.73. The molecule has 1 aromatic heterocycles. The Morgan fingerprint density at radius 2 is 2.09 bits per heavy atom. The van der Waals surface area contributed by atoms with Gasteiger partial charge < -0.3 is 9.64 Å². The highest BCUT2D eigenvalue weighted by atomic mass is 16.5. The van der Waals surface area contributed by atoms with Crippen LogP contribution in [0.25, 0.3) is 0 Å². The summed E-state index contributed by atoms with van der Waals surface area (Å²) in [6.07, 6.45) is 6.58. The average Bonchev–Trinajstić information content (AvgIpc) is 2.56. The van der Waals surface area contributed by atoms with Gasteiger partial charge in [-0.3, -0.25) is 9.78 Å². The number of benzene rings is 1. The van der Waals surface area contributed by atoms with Crippen molar-refractivity contribution in [2.75, 3.05) is 13.1 Å². The molecule has 0 spiro atoms. The lowest BCUT2D eigenvalue weighted by Crippen LogP contribution is -2.41. The zero-order valence-electron chi connectivity index (χ0n) is 12.6. The van der Waals surface area contributed by atoms with E-state index in [0.29, 0.717) is 19.0 Å². The summed E-state index contributed by atoms with van der Waals surface area (Å²) >= 11 is 0. The first-order chi connectivity index (χ1) is 10.7. The molecule has 0 bridgehead atoms. The largest absolute Gasteiger partial charge is 0.473 e. The van der Waals surface area contributed by atoms with Gasteiger partial charge in [0.25, 0.3) is 5.91 Å².